The summed E-state index contributed by atoms with van der Waals surface area (Å²) in [6.45, 7) is 2.23. The van der Waals surface area contributed by atoms with Crippen molar-refractivity contribution in [2.75, 3.05) is 27.2 Å². The molecular weight excluding hydrogens is 502 g/mol. The van der Waals surface area contributed by atoms with E-state index in [0.29, 0.717) is 12.5 Å². The number of carboxylic acid groups (broad SMARTS) is 1. The van der Waals surface area contributed by atoms with Crippen LogP contribution in [0.15, 0.2) is 42.0 Å². The quantitative estimate of drug-likeness (QED) is 0.456. The van der Waals surface area contributed by atoms with Crippen LogP contribution in [0, 0.1) is 0 Å². The Morgan fingerprint density at radius 2 is 1.70 bits per heavy atom. The molecule has 0 radical (unpaired) electrons. The molecule has 1 aliphatic carbocycles. The summed E-state index contributed by atoms with van der Waals surface area (Å²) in [5, 5.41) is 10.8. The molecule has 7 rings (SSSR count). The summed E-state index contributed by atoms with van der Waals surface area (Å²) < 4.78 is 8.00. The van der Waals surface area contributed by atoms with Crippen molar-refractivity contribution in [2.45, 2.75) is 69.5 Å². The first-order valence-corrected chi connectivity index (χ1v) is 14.7. The van der Waals surface area contributed by atoms with E-state index >= 15 is 0 Å². The van der Waals surface area contributed by atoms with Gasteiger partial charge in [-0.1, -0.05) is 25.3 Å². The molecule has 7 heteroatoms. The lowest BCUT2D eigenvalue weighted by Gasteiger charge is -2.40. The third-order valence-corrected chi connectivity index (χ3v) is 9.69. The minimum atomic E-state index is -0.944. The zero-order valence-corrected chi connectivity index (χ0v) is 23.4. The van der Waals surface area contributed by atoms with Gasteiger partial charge in [0.15, 0.2) is 0 Å². The predicted molar refractivity (Wildman–Crippen MR) is 156 cm³/mol. The van der Waals surface area contributed by atoms with Crippen LogP contribution in [0.4, 0.5) is 0 Å². The Hall–Kier alpha value is -3.58. The van der Waals surface area contributed by atoms with Crippen LogP contribution in [0.25, 0.3) is 28.2 Å². The standard InChI is InChI=1S/C33H37N3O4/c1-34-18-25-10-11-26(19-34)36(25)32(37)24-12-23-13-27(40-2)16-28(20-6-4-3-5-7-20)31(23)30-14-21-8-9-22(33(38)39)15-29(21)35(30)17-24/h8-9,12-16,20,25-26H,3-7,10-11,17-19H2,1-2H3,(H,38,39). The molecule has 2 aromatic carbocycles. The van der Waals surface area contributed by atoms with Crippen molar-refractivity contribution in [1.82, 2.24) is 14.4 Å². The molecule has 0 spiro atoms. The summed E-state index contributed by atoms with van der Waals surface area (Å²) in [7, 11) is 3.86. The van der Waals surface area contributed by atoms with Crippen molar-refractivity contribution in [3.63, 3.8) is 0 Å². The van der Waals surface area contributed by atoms with Gasteiger partial charge in [0.05, 0.1) is 24.9 Å². The van der Waals surface area contributed by atoms with Gasteiger partial charge in [0, 0.05) is 47.2 Å². The van der Waals surface area contributed by atoms with Gasteiger partial charge in [-0.05, 0) is 86.2 Å². The summed E-state index contributed by atoms with van der Waals surface area (Å²) in [6.07, 6.45) is 10.2. The summed E-state index contributed by atoms with van der Waals surface area (Å²) >= 11 is 0. The van der Waals surface area contributed by atoms with Crippen LogP contribution in [0.5, 0.6) is 5.75 Å². The number of carbonyl (C=O) groups is 2. The summed E-state index contributed by atoms with van der Waals surface area (Å²) in [5.74, 6) is 0.412. The highest BCUT2D eigenvalue weighted by Crippen LogP contribution is 2.46. The molecule has 4 aliphatic rings. The molecule has 1 N–H and O–H groups in total. The molecule has 2 atom stereocenters. The Kier molecular flexibility index (Phi) is 6.22. The first-order valence-electron chi connectivity index (χ1n) is 14.7. The summed E-state index contributed by atoms with van der Waals surface area (Å²) in [6, 6.07) is 12.3. The molecule has 2 bridgehead atoms. The van der Waals surface area contributed by atoms with E-state index in [-0.39, 0.29) is 23.6 Å². The van der Waals surface area contributed by atoms with Gasteiger partial charge in [0.25, 0.3) is 5.91 Å². The lowest BCUT2D eigenvalue weighted by molar-refractivity contribution is -0.132. The molecular formula is C33H37N3O4. The molecule has 1 aromatic heterocycles. The second-order valence-electron chi connectivity index (χ2n) is 12.2. The topological polar surface area (TPSA) is 75.0 Å². The van der Waals surface area contributed by atoms with Crippen molar-refractivity contribution in [2.24, 2.45) is 0 Å². The van der Waals surface area contributed by atoms with Crippen LogP contribution >= 0.6 is 0 Å². The molecule has 2 saturated heterocycles. The number of nitrogens with zero attached hydrogens (tertiary/aromatic N) is 3. The maximum absolute atomic E-state index is 14.4. The number of rotatable bonds is 4. The number of hydrogen-bond acceptors (Lipinski definition) is 4. The number of ether oxygens (including phenoxy) is 1. The third-order valence-electron chi connectivity index (χ3n) is 9.69. The first-order chi connectivity index (χ1) is 19.4. The van der Waals surface area contributed by atoms with E-state index in [1.165, 1.54) is 24.8 Å². The number of hydrogen-bond donors (Lipinski definition) is 1. The fourth-order valence-electron chi connectivity index (χ4n) is 7.83. The van der Waals surface area contributed by atoms with E-state index in [4.69, 9.17) is 4.74 Å². The zero-order chi connectivity index (χ0) is 27.5. The van der Waals surface area contributed by atoms with Crippen LogP contribution in [-0.2, 0) is 11.3 Å². The normalized spacial score (nSPS) is 22.9. The van der Waals surface area contributed by atoms with Gasteiger partial charge in [0.2, 0.25) is 0 Å². The van der Waals surface area contributed by atoms with Crippen molar-refractivity contribution in [1.29, 1.82) is 0 Å². The molecule has 3 aromatic rings. The number of methoxy groups -OCH3 is 1. The molecule has 1 amide bonds. The molecule has 3 fully saturated rings. The predicted octanol–water partition coefficient (Wildman–Crippen LogP) is 5.76. The number of amides is 1. The van der Waals surface area contributed by atoms with E-state index in [0.717, 1.165) is 77.8 Å². The Labute approximate surface area is 235 Å². The van der Waals surface area contributed by atoms with E-state index in [2.05, 4.69) is 45.7 Å². The maximum atomic E-state index is 14.4. The fraction of sp³-hybridized carbons (Fsp3) is 0.455. The number of carbonyl (C=O) groups excluding carboxylic acids is 1. The number of fused-ring (bicyclic) bond motifs is 7. The second-order valence-corrected chi connectivity index (χ2v) is 12.2. The van der Waals surface area contributed by atoms with Crippen LogP contribution < -0.4 is 4.74 Å². The number of aromatic nitrogens is 1. The number of benzene rings is 2. The van der Waals surface area contributed by atoms with Crippen LogP contribution in [0.3, 0.4) is 0 Å². The summed E-state index contributed by atoms with van der Waals surface area (Å²) in [4.78, 5) is 30.8. The lowest BCUT2D eigenvalue weighted by Crippen LogP contribution is -2.55. The molecule has 40 heavy (non-hydrogen) atoms. The van der Waals surface area contributed by atoms with E-state index < -0.39 is 5.97 Å². The SMILES string of the molecule is COc1cc2c(c(C3CCCCC3)c1)-c1cc3ccc(C(=O)O)cc3n1CC(C(=O)N1C3CCC1CN(C)C3)=C2. The highest BCUT2D eigenvalue weighted by molar-refractivity contribution is 6.03. The van der Waals surface area contributed by atoms with Gasteiger partial charge < -0.3 is 24.2 Å². The van der Waals surface area contributed by atoms with Crippen LogP contribution in [0.1, 0.15) is 72.3 Å². The maximum Gasteiger partial charge on any atom is 0.335 e. The first kappa shape index (κ1) is 25.4. The van der Waals surface area contributed by atoms with Gasteiger partial charge in [-0.2, -0.15) is 0 Å². The van der Waals surface area contributed by atoms with E-state index in [9.17, 15) is 14.7 Å². The Bertz CT molecular complexity index is 1530. The minimum absolute atomic E-state index is 0.109. The largest absolute Gasteiger partial charge is 0.497 e. The van der Waals surface area contributed by atoms with Crippen LogP contribution in [-0.4, -0.2) is 70.7 Å². The van der Waals surface area contributed by atoms with Crippen molar-refractivity contribution < 1.29 is 19.4 Å². The molecule has 3 aliphatic heterocycles. The molecule has 2 unspecified atom stereocenters. The molecule has 7 nitrogen and oxygen atoms in total. The average Bonchev–Trinajstić information content (AvgIpc) is 3.39. The highest BCUT2D eigenvalue weighted by Gasteiger charge is 2.42. The lowest BCUT2D eigenvalue weighted by atomic mass is 9.80. The number of carboxylic acids is 1. The van der Waals surface area contributed by atoms with Gasteiger partial charge in [0.1, 0.15) is 5.75 Å². The second kappa shape index (κ2) is 9.81. The zero-order valence-electron chi connectivity index (χ0n) is 23.4. The minimum Gasteiger partial charge on any atom is -0.497 e. The van der Waals surface area contributed by atoms with Crippen molar-refractivity contribution in [3.05, 3.63) is 58.7 Å². The number of likely N-dealkylation sites (tertiary alicyclic amines) is 1. The fourth-order valence-corrected chi connectivity index (χ4v) is 7.83. The van der Waals surface area contributed by atoms with Crippen LogP contribution in [0.2, 0.25) is 0 Å². The number of piperazine rings is 1. The average molecular weight is 540 g/mol. The Morgan fingerprint density at radius 1 is 0.950 bits per heavy atom. The Balaban J connectivity index is 1.44. The van der Waals surface area contributed by atoms with Crippen molar-refractivity contribution in [3.8, 4) is 17.0 Å². The van der Waals surface area contributed by atoms with Crippen molar-refractivity contribution >= 4 is 28.9 Å². The number of likely N-dealkylation sites (N-methyl/N-ethyl adjacent to an activating group) is 1. The monoisotopic (exact) mass is 539 g/mol. The third kappa shape index (κ3) is 4.14. The van der Waals surface area contributed by atoms with E-state index in [1.807, 2.05) is 6.07 Å². The highest BCUT2D eigenvalue weighted by atomic mass is 16.5. The molecule has 1 saturated carbocycles. The molecule has 208 valence electrons. The Morgan fingerprint density at radius 3 is 2.40 bits per heavy atom. The van der Waals surface area contributed by atoms with E-state index in [1.54, 1.807) is 19.2 Å². The van der Waals surface area contributed by atoms with Gasteiger partial charge in [-0.25, -0.2) is 4.79 Å². The van der Waals surface area contributed by atoms with Gasteiger partial charge >= 0.3 is 5.97 Å². The number of aromatic carboxylic acids is 1. The molecule has 4 heterocycles. The smallest absolute Gasteiger partial charge is 0.335 e. The van der Waals surface area contributed by atoms with Gasteiger partial charge in [-0.15, -0.1) is 0 Å². The van der Waals surface area contributed by atoms with Gasteiger partial charge in [-0.3, -0.25) is 4.79 Å². The summed E-state index contributed by atoms with van der Waals surface area (Å²) in [5.41, 5.74) is 6.37.